The van der Waals surface area contributed by atoms with Crippen molar-refractivity contribution in [3.05, 3.63) is 17.0 Å². The van der Waals surface area contributed by atoms with E-state index in [1.54, 1.807) is 11.8 Å². The van der Waals surface area contributed by atoms with Crippen LogP contribution in [0, 0.1) is 6.92 Å². The quantitative estimate of drug-likeness (QED) is 0.753. The maximum Gasteiger partial charge on any atom is 0.336 e. The molecule has 1 saturated heterocycles. The third-order valence-corrected chi connectivity index (χ3v) is 3.30. The first kappa shape index (κ1) is 14.5. The van der Waals surface area contributed by atoms with E-state index in [0.717, 1.165) is 0 Å². The topological polar surface area (TPSA) is 81.9 Å². The molecule has 1 fully saturated rings. The number of hydrogen-bond donors (Lipinski definition) is 0. The van der Waals surface area contributed by atoms with E-state index >= 15 is 0 Å². The molecule has 1 atom stereocenters. The lowest BCUT2D eigenvalue weighted by atomic mass is 10.1. The molecular weight excluding hydrogens is 264 g/mol. The fraction of sp³-hybridized carbons (Fsp3) is 0.615. The Morgan fingerprint density at radius 1 is 1.50 bits per heavy atom. The van der Waals surface area contributed by atoms with Gasteiger partial charge in [0.2, 0.25) is 0 Å². The minimum atomic E-state index is -0.733. The van der Waals surface area contributed by atoms with Gasteiger partial charge in [-0.05, 0) is 13.3 Å². The highest BCUT2D eigenvalue weighted by Crippen LogP contribution is 2.18. The minimum absolute atomic E-state index is 0.180. The molecule has 7 nitrogen and oxygen atoms in total. The van der Waals surface area contributed by atoms with E-state index in [0.29, 0.717) is 36.6 Å². The number of morpholine rings is 1. The predicted octanol–water partition coefficient (Wildman–Crippen LogP) is 0.559. The van der Waals surface area contributed by atoms with Crippen molar-refractivity contribution in [3.63, 3.8) is 0 Å². The average molecular weight is 282 g/mol. The van der Waals surface area contributed by atoms with E-state index in [4.69, 9.17) is 9.26 Å². The maximum absolute atomic E-state index is 12.5. The molecular formula is C13H18N2O5. The molecule has 20 heavy (non-hydrogen) atoms. The molecule has 7 heteroatoms. The molecule has 1 unspecified atom stereocenters. The molecule has 2 rings (SSSR count). The van der Waals surface area contributed by atoms with Crippen molar-refractivity contribution in [1.29, 1.82) is 0 Å². The summed E-state index contributed by atoms with van der Waals surface area (Å²) in [5.74, 6) is -0.161. The molecule has 0 aliphatic carbocycles. The Morgan fingerprint density at radius 2 is 2.25 bits per heavy atom. The molecule has 0 saturated carbocycles. The highest BCUT2D eigenvalue weighted by atomic mass is 16.6. The van der Waals surface area contributed by atoms with Crippen molar-refractivity contribution in [2.45, 2.75) is 26.4 Å². The fourth-order valence-corrected chi connectivity index (χ4v) is 2.20. The zero-order valence-corrected chi connectivity index (χ0v) is 11.8. The fourth-order valence-electron chi connectivity index (χ4n) is 2.20. The van der Waals surface area contributed by atoms with Crippen LogP contribution in [0.1, 0.15) is 28.7 Å². The Kier molecular flexibility index (Phi) is 4.39. The number of esters is 1. The third kappa shape index (κ3) is 2.67. The number of carbonyl (C=O) groups excluding carboxylic acids is 2. The summed E-state index contributed by atoms with van der Waals surface area (Å²) in [7, 11) is 1.30. The van der Waals surface area contributed by atoms with Crippen LogP contribution in [-0.4, -0.2) is 54.8 Å². The van der Waals surface area contributed by atoms with Gasteiger partial charge in [0.05, 0.1) is 26.0 Å². The monoisotopic (exact) mass is 282 g/mol. The molecule has 1 aliphatic heterocycles. The van der Waals surface area contributed by atoms with Crippen molar-refractivity contribution >= 4 is 11.9 Å². The van der Waals surface area contributed by atoms with Crippen LogP contribution in [0.25, 0.3) is 0 Å². The number of carbonyl (C=O) groups is 2. The number of methoxy groups -OCH3 is 1. The lowest BCUT2D eigenvalue weighted by Gasteiger charge is -2.31. The smallest absolute Gasteiger partial charge is 0.336 e. The molecule has 1 aromatic heterocycles. The van der Waals surface area contributed by atoms with Gasteiger partial charge < -0.3 is 18.9 Å². The minimum Gasteiger partial charge on any atom is -0.467 e. The molecule has 110 valence electrons. The van der Waals surface area contributed by atoms with Crippen molar-refractivity contribution in [3.8, 4) is 0 Å². The van der Waals surface area contributed by atoms with E-state index in [1.807, 2.05) is 6.92 Å². The van der Waals surface area contributed by atoms with Crippen molar-refractivity contribution < 1.29 is 23.6 Å². The lowest BCUT2D eigenvalue weighted by molar-refractivity contribution is -0.158. The average Bonchev–Trinajstić information content (AvgIpc) is 2.86. The molecule has 0 N–H and O–H groups in total. The Balaban J connectivity index is 2.16. The Morgan fingerprint density at radius 3 is 2.90 bits per heavy atom. The number of rotatable bonds is 3. The zero-order valence-electron chi connectivity index (χ0n) is 11.8. The SMILES string of the molecule is CCc1noc(C)c1C(=O)N1CCOC(C(=O)OC)C1. The Hall–Kier alpha value is -1.89. The molecule has 1 aliphatic rings. The first-order chi connectivity index (χ1) is 9.58. The Labute approximate surface area is 116 Å². The van der Waals surface area contributed by atoms with Gasteiger partial charge in [-0.15, -0.1) is 0 Å². The van der Waals surface area contributed by atoms with Gasteiger partial charge in [0, 0.05) is 6.54 Å². The highest BCUT2D eigenvalue weighted by Gasteiger charge is 2.32. The van der Waals surface area contributed by atoms with Gasteiger partial charge in [0.1, 0.15) is 11.3 Å². The van der Waals surface area contributed by atoms with Crippen LogP contribution in [0.4, 0.5) is 0 Å². The zero-order chi connectivity index (χ0) is 14.7. The second-order valence-corrected chi connectivity index (χ2v) is 4.55. The van der Waals surface area contributed by atoms with Crippen LogP contribution >= 0.6 is 0 Å². The largest absolute Gasteiger partial charge is 0.467 e. The van der Waals surface area contributed by atoms with Crippen LogP contribution in [-0.2, 0) is 20.7 Å². The molecule has 1 aromatic rings. The number of amides is 1. The van der Waals surface area contributed by atoms with Gasteiger partial charge in [0.25, 0.3) is 5.91 Å². The number of aryl methyl sites for hydroxylation is 2. The highest BCUT2D eigenvalue weighted by molar-refractivity contribution is 5.96. The lowest BCUT2D eigenvalue weighted by Crippen LogP contribution is -2.49. The van der Waals surface area contributed by atoms with Crippen LogP contribution < -0.4 is 0 Å². The molecule has 2 heterocycles. The van der Waals surface area contributed by atoms with E-state index in [-0.39, 0.29) is 12.5 Å². The Bertz CT molecular complexity index is 511. The normalized spacial score (nSPS) is 18.9. The van der Waals surface area contributed by atoms with Crippen LogP contribution in [0.3, 0.4) is 0 Å². The number of ether oxygens (including phenoxy) is 2. The third-order valence-electron chi connectivity index (χ3n) is 3.30. The van der Waals surface area contributed by atoms with Gasteiger partial charge in [-0.25, -0.2) is 4.79 Å². The van der Waals surface area contributed by atoms with E-state index in [1.165, 1.54) is 7.11 Å². The van der Waals surface area contributed by atoms with E-state index in [2.05, 4.69) is 9.89 Å². The summed E-state index contributed by atoms with van der Waals surface area (Å²) >= 11 is 0. The van der Waals surface area contributed by atoms with Gasteiger partial charge in [0.15, 0.2) is 6.10 Å². The van der Waals surface area contributed by atoms with Crippen molar-refractivity contribution in [2.24, 2.45) is 0 Å². The summed E-state index contributed by atoms with van der Waals surface area (Å²) in [5, 5.41) is 3.88. The van der Waals surface area contributed by atoms with E-state index in [9.17, 15) is 9.59 Å². The summed E-state index contributed by atoms with van der Waals surface area (Å²) in [5.41, 5.74) is 1.12. The number of aromatic nitrogens is 1. The van der Waals surface area contributed by atoms with Crippen LogP contribution in [0.5, 0.6) is 0 Å². The predicted molar refractivity (Wildman–Crippen MR) is 68.3 cm³/mol. The van der Waals surface area contributed by atoms with Gasteiger partial charge in [-0.2, -0.15) is 0 Å². The first-order valence-corrected chi connectivity index (χ1v) is 6.52. The summed E-state index contributed by atoms with van der Waals surface area (Å²) in [4.78, 5) is 25.6. The van der Waals surface area contributed by atoms with E-state index < -0.39 is 12.1 Å². The number of hydrogen-bond acceptors (Lipinski definition) is 6. The van der Waals surface area contributed by atoms with Crippen molar-refractivity contribution in [1.82, 2.24) is 10.1 Å². The summed E-state index contributed by atoms with van der Waals surface area (Å²) in [6.07, 6.45) is -0.119. The molecule has 0 aromatic carbocycles. The second kappa shape index (κ2) is 6.04. The summed E-state index contributed by atoms with van der Waals surface area (Å²) < 4.78 is 15.0. The maximum atomic E-state index is 12.5. The molecule has 0 spiro atoms. The van der Waals surface area contributed by atoms with Crippen LogP contribution in [0.15, 0.2) is 4.52 Å². The summed E-state index contributed by atoms with van der Waals surface area (Å²) in [6, 6.07) is 0. The first-order valence-electron chi connectivity index (χ1n) is 6.52. The number of nitrogens with zero attached hydrogens (tertiary/aromatic N) is 2. The molecule has 0 radical (unpaired) electrons. The standard InChI is InChI=1S/C13H18N2O5/c1-4-9-11(8(2)20-14-9)12(16)15-5-6-19-10(7-15)13(17)18-3/h10H,4-7H2,1-3H3. The van der Waals surface area contributed by atoms with Crippen molar-refractivity contribution in [2.75, 3.05) is 26.8 Å². The van der Waals surface area contributed by atoms with Crippen LogP contribution in [0.2, 0.25) is 0 Å². The molecule has 1 amide bonds. The van der Waals surface area contributed by atoms with Gasteiger partial charge >= 0.3 is 5.97 Å². The second-order valence-electron chi connectivity index (χ2n) is 4.55. The van der Waals surface area contributed by atoms with Gasteiger partial charge in [-0.1, -0.05) is 12.1 Å². The summed E-state index contributed by atoms with van der Waals surface area (Å²) in [6.45, 7) is 4.53. The molecule has 0 bridgehead atoms. The van der Waals surface area contributed by atoms with Gasteiger partial charge in [-0.3, -0.25) is 4.79 Å².